The summed E-state index contributed by atoms with van der Waals surface area (Å²) in [5.41, 5.74) is 1.83. The van der Waals surface area contributed by atoms with Crippen LogP contribution in [-0.4, -0.2) is 22.9 Å². The summed E-state index contributed by atoms with van der Waals surface area (Å²) in [6, 6.07) is 5.68. The van der Waals surface area contributed by atoms with E-state index >= 15 is 0 Å². The van der Waals surface area contributed by atoms with Crippen molar-refractivity contribution in [2.24, 2.45) is 0 Å². The largest absolute Gasteiger partial charge is 0.464 e. The molecule has 2 unspecified atom stereocenters. The summed E-state index contributed by atoms with van der Waals surface area (Å²) in [7, 11) is 0. The molecular weight excluding hydrogens is 236 g/mol. The summed E-state index contributed by atoms with van der Waals surface area (Å²) in [6.07, 6.45) is -0.176. The average molecular weight is 252 g/mol. The van der Waals surface area contributed by atoms with E-state index in [0.717, 1.165) is 6.42 Å². The maximum absolute atomic E-state index is 11.4. The third-order valence-corrected chi connectivity index (χ3v) is 3.97. The number of ether oxygens (including phenoxy) is 1. The third kappa shape index (κ3) is 2.64. The molecule has 4 heteroatoms. The summed E-state index contributed by atoms with van der Waals surface area (Å²) in [5.74, 6) is -0.578. The number of aliphatic hydroxyl groups is 1. The number of hydrogen-bond donors (Lipinski definition) is 1. The molecule has 3 nitrogen and oxygen atoms in total. The molecule has 0 radical (unpaired) electrons. The van der Waals surface area contributed by atoms with Crippen LogP contribution in [0.2, 0.25) is 0 Å². The van der Waals surface area contributed by atoms with Crippen molar-refractivity contribution in [3.05, 3.63) is 29.3 Å². The molecule has 0 amide bonds. The van der Waals surface area contributed by atoms with E-state index in [1.54, 1.807) is 13.0 Å². The summed E-state index contributed by atoms with van der Waals surface area (Å²) in [5, 5.41) is 10.4. The highest BCUT2D eigenvalue weighted by Gasteiger charge is 2.23. The Morgan fingerprint density at radius 3 is 3.12 bits per heavy atom. The van der Waals surface area contributed by atoms with Crippen molar-refractivity contribution in [3.8, 4) is 0 Å². The molecule has 0 fully saturated rings. The summed E-state index contributed by atoms with van der Waals surface area (Å²) in [6.45, 7) is 4.19. The highest BCUT2D eigenvalue weighted by molar-refractivity contribution is 8.00. The Balaban J connectivity index is 2.18. The molecule has 0 saturated carbocycles. The zero-order chi connectivity index (χ0) is 12.4. The first-order valence-electron chi connectivity index (χ1n) is 5.76. The topological polar surface area (TPSA) is 46.5 Å². The minimum absolute atomic E-state index is 0.285. The Morgan fingerprint density at radius 2 is 2.41 bits per heavy atom. The van der Waals surface area contributed by atoms with Gasteiger partial charge in [0.25, 0.3) is 0 Å². The Morgan fingerprint density at radius 1 is 1.65 bits per heavy atom. The molecular formula is C13H16O3S. The van der Waals surface area contributed by atoms with E-state index in [1.165, 1.54) is 10.5 Å². The van der Waals surface area contributed by atoms with Gasteiger partial charge in [-0.25, -0.2) is 4.79 Å². The smallest absolute Gasteiger partial charge is 0.339 e. The highest BCUT2D eigenvalue weighted by Crippen LogP contribution is 2.37. The molecule has 0 aromatic heterocycles. The van der Waals surface area contributed by atoms with Gasteiger partial charge in [0.05, 0.1) is 6.61 Å². The standard InChI is InChI=1S/C13H16O3S/c1-3-16-13(15)12(14)9-4-5-11-10(7-9)6-8(2)17-11/h4-5,7-8,12,14H,3,6H2,1-2H3. The van der Waals surface area contributed by atoms with E-state index in [-0.39, 0.29) is 6.61 Å². The van der Waals surface area contributed by atoms with Gasteiger partial charge in [0.15, 0.2) is 6.10 Å². The lowest BCUT2D eigenvalue weighted by Gasteiger charge is -2.11. The summed E-state index contributed by atoms with van der Waals surface area (Å²) < 4.78 is 4.80. The number of esters is 1. The van der Waals surface area contributed by atoms with Crippen molar-refractivity contribution in [1.82, 2.24) is 0 Å². The predicted octanol–water partition coefficient (Wildman–Crippen LogP) is 2.32. The van der Waals surface area contributed by atoms with Crippen molar-refractivity contribution in [3.63, 3.8) is 0 Å². The Hall–Kier alpha value is -1.00. The molecule has 1 aliphatic rings. The number of benzene rings is 1. The van der Waals surface area contributed by atoms with Gasteiger partial charge in [0, 0.05) is 10.1 Å². The molecule has 17 heavy (non-hydrogen) atoms. The van der Waals surface area contributed by atoms with Gasteiger partial charge in [-0.1, -0.05) is 19.1 Å². The van der Waals surface area contributed by atoms with E-state index in [2.05, 4.69) is 6.92 Å². The number of carbonyl (C=O) groups is 1. The lowest BCUT2D eigenvalue weighted by molar-refractivity contribution is -0.153. The van der Waals surface area contributed by atoms with Crippen molar-refractivity contribution in [2.45, 2.75) is 36.5 Å². The van der Waals surface area contributed by atoms with Crippen molar-refractivity contribution in [1.29, 1.82) is 0 Å². The molecule has 1 N–H and O–H groups in total. The number of aliphatic hydroxyl groups excluding tert-OH is 1. The van der Waals surface area contributed by atoms with Crippen molar-refractivity contribution < 1.29 is 14.6 Å². The van der Waals surface area contributed by atoms with Crippen LogP contribution in [0, 0.1) is 0 Å². The molecule has 2 rings (SSSR count). The fraction of sp³-hybridized carbons (Fsp3) is 0.462. The van der Waals surface area contributed by atoms with E-state index in [9.17, 15) is 9.90 Å². The molecule has 2 atom stereocenters. The minimum atomic E-state index is -1.17. The van der Waals surface area contributed by atoms with Crippen molar-refractivity contribution >= 4 is 17.7 Å². The molecule has 1 aromatic rings. The van der Waals surface area contributed by atoms with Crippen LogP contribution in [0.25, 0.3) is 0 Å². The van der Waals surface area contributed by atoms with Crippen LogP contribution in [0.1, 0.15) is 31.1 Å². The first-order valence-corrected chi connectivity index (χ1v) is 6.64. The van der Waals surface area contributed by atoms with Gasteiger partial charge in [0.2, 0.25) is 0 Å². The number of rotatable bonds is 3. The van der Waals surface area contributed by atoms with Gasteiger partial charge in [-0.15, -0.1) is 11.8 Å². The summed E-state index contributed by atoms with van der Waals surface area (Å²) >= 11 is 1.83. The SMILES string of the molecule is CCOC(=O)C(O)c1ccc2c(c1)CC(C)S2. The molecule has 0 bridgehead atoms. The Kier molecular flexibility index (Phi) is 3.74. The third-order valence-electron chi connectivity index (χ3n) is 2.75. The van der Waals surface area contributed by atoms with Gasteiger partial charge < -0.3 is 9.84 Å². The van der Waals surface area contributed by atoms with Crippen LogP contribution in [0.15, 0.2) is 23.1 Å². The van der Waals surface area contributed by atoms with E-state index in [4.69, 9.17) is 4.74 Å². The molecule has 1 aromatic carbocycles. The Bertz CT molecular complexity index is 431. The first-order chi connectivity index (χ1) is 8.11. The van der Waals surface area contributed by atoms with E-state index in [1.807, 2.05) is 23.9 Å². The van der Waals surface area contributed by atoms with Gasteiger partial charge in [0.1, 0.15) is 0 Å². The number of hydrogen-bond acceptors (Lipinski definition) is 4. The summed E-state index contributed by atoms with van der Waals surface area (Å²) in [4.78, 5) is 12.7. The predicted molar refractivity (Wildman–Crippen MR) is 67.1 cm³/mol. The van der Waals surface area contributed by atoms with Gasteiger partial charge >= 0.3 is 5.97 Å². The zero-order valence-electron chi connectivity index (χ0n) is 9.97. The van der Waals surface area contributed by atoms with Gasteiger partial charge in [-0.3, -0.25) is 0 Å². The minimum Gasteiger partial charge on any atom is -0.464 e. The molecule has 0 aliphatic carbocycles. The van der Waals surface area contributed by atoms with E-state index in [0.29, 0.717) is 10.8 Å². The monoisotopic (exact) mass is 252 g/mol. The Labute approximate surface area is 105 Å². The van der Waals surface area contributed by atoms with Crippen LogP contribution in [0.5, 0.6) is 0 Å². The second kappa shape index (κ2) is 5.10. The maximum Gasteiger partial charge on any atom is 0.339 e. The molecule has 0 saturated heterocycles. The first kappa shape index (κ1) is 12.5. The van der Waals surface area contributed by atoms with Crippen molar-refractivity contribution in [2.75, 3.05) is 6.61 Å². The van der Waals surface area contributed by atoms with Gasteiger partial charge in [-0.2, -0.15) is 0 Å². The fourth-order valence-corrected chi connectivity index (χ4v) is 3.11. The van der Waals surface area contributed by atoms with Crippen LogP contribution in [0.4, 0.5) is 0 Å². The second-order valence-corrected chi connectivity index (χ2v) is 5.63. The molecule has 1 aliphatic heterocycles. The van der Waals surface area contributed by atoms with Crippen LogP contribution >= 0.6 is 11.8 Å². The lowest BCUT2D eigenvalue weighted by atomic mass is 10.0. The van der Waals surface area contributed by atoms with E-state index < -0.39 is 12.1 Å². The maximum atomic E-state index is 11.4. The zero-order valence-corrected chi connectivity index (χ0v) is 10.8. The van der Waals surface area contributed by atoms with Gasteiger partial charge in [-0.05, 0) is 30.5 Å². The molecule has 0 spiro atoms. The highest BCUT2D eigenvalue weighted by atomic mass is 32.2. The quantitative estimate of drug-likeness (QED) is 0.839. The van der Waals surface area contributed by atoms with Crippen LogP contribution in [0.3, 0.4) is 0 Å². The number of carbonyl (C=O) groups excluding carboxylic acids is 1. The average Bonchev–Trinajstić information content (AvgIpc) is 2.67. The second-order valence-electron chi connectivity index (χ2n) is 4.15. The molecule has 1 heterocycles. The molecule has 92 valence electrons. The number of fused-ring (bicyclic) bond motifs is 1. The van der Waals surface area contributed by atoms with Crippen LogP contribution in [-0.2, 0) is 16.0 Å². The lowest BCUT2D eigenvalue weighted by Crippen LogP contribution is -2.15. The van der Waals surface area contributed by atoms with Crippen LogP contribution < -0.4 is 0 Å². The number of thioether (sulfide) groups is 1. The normalized spacial score (nSPS) is 19.8. The fourth-order valence-electron chi connectivity index (χ4n) is 1.97.